The fourth-order valence-corrected chi connectivity index (χ4v) is 2.45. The number of carboxylic acids is 1. The molecule has 0 aliphatic heterocycles. The van der Waals surface area contributed by atoms with Crippen LogP contribution in [0.2, 0.25) is 0 Å². The number of pyridine rings is 1. The fourth-order valence-electron chi connectivity index (χ4n) is 1.49. The second-order valence-electron chi connectivity index (χ2n) is 3.12. The van der Waals surface area contributed by atoms with Gasteiger partial charge in [0.15, 0.2) is 0 Å². The Morgan fingerprint density at radius 3 is 3.14 bits per heavy atom. The quantitative estimate of drug-likeness (QED) is 0.821. The Bertz CT molecular complexity index is 490. The van der Waals surface area contributed by atoms with E-state index >= 15 is 0 Å². The summed E-state index contributed by atoms with van der Waals surface area (Å²) in [6.07, 6.45) is 1.66. The molecule has 0 aromatic carbocycles. The van der Waals surface area contributed by atoms with Gasteiger partial charge >= 0.3 is 5.97 Å². The number of carbonyl (C=O) groups is 1. The van der Waals surface area contributed by atoms with E-state index in [4.69, 9.17) is 5.11 Å². The van der Waals surface area contributed by atoms with Gasteiger partial charge in [0.25, 0.3) is 0 Å². The van der Waals surface area contributed by atoms with Crippen LogP contribution in [-0.4, -0.2) is 16.1 Å². The molecule has 3 nitrogen and oxygen atoms in total. The third kappa shape index (κ3) is 1.48. The largest absolute Gasteiger partial charge is 0.481 e. The minimum Gasteiger partial charge on any atom is -0.481 e. The van der Waals surface area contributed by atoms with Crippen LogP contribution in [0.25, 0.3) is 10.1 Å². The molecule has 72 valence electrons. The highest BCUT2D eigenvalue weighted by molar-refractivity contribution is 7.17. The Kier molecular flexibility index (Phi) is 2.21. The van der Waals surface area contributed by atoms with E-state index in [0.717, 1.165) is 15.6 Å². The number of nitrogens with zero attached hydrogens (tertiary/aromatic N) is 1. The van der Waals surface area contributed by atoms with Gasteiger partial charge in [-0.1, -0.05) is 0 Å². The lowest BCUT2D eigenvalue weighted by molar-refractivity contribution is -0.136. The summed E-state index contributed by atoms with van der Waals surface area (Å²) < 4.78 is 1.11. The van der Waals surface area contributed by atoms with Crippen LogP contribution >= 0.6 is 11.3 Å². The molecule has 0 bridgehead atoms. The van der Waals surface area contributed by atoms with Crippen molar-refractivity contribution in [2.24, 2.45) is 0 Å². The molecule has 1 N–H and O–H groups in total. The molecule has 0 aliphatic carbocycles. The van der Waals surface area contributed by atoms with Crippen molar-refractivity contribution in [1.29, 1.82) is 0 Å². The van der Waals surface area contributed by atoms with Crippen molar-refractivity contribution in [3.8, 4) is 0 Å². The van der Waals surface area contributed by atoms with Crippen LogP contribution in [-0.2, 0) is 11.2 Å². The molecular formula is C10H9NO2S. The van der Waals surface area contributed by atoms with E-state index in [-0.39, 0.29) is 6.42 Å². The first kappa shape index (κ1) is 9.15. The van der Waals surface area contributed by atoms with E-state index in [0.29, 0.717) is 5.69 Å². The standard InChI is InChI=1S/C10H9NO2S/c1-6-5-14-8-2-3-11-7(10(6)8)4-9(12)13/h2-3,5H,4H2,1H3,(H,12,13). The van der Waals surface area contributed by atoms with Gasteiger partial charge < -0.3 is 5.11 Å². The molecule has 2 aromatic rings. The van der Waals surface area contributed by atoms with Crippen molar-refractivity contribution in [2.75, 3.05) is 0 Å². The van der Waals surface area contributed by atoms with E-state index in [1.807, 2.05) is 18.4 Å². The average Bonchev–Trinajstić information content (AvgIpc) is 2.48. The number of rotatable bonds is 2. The van der Waals surface area contributed by atoms with Gasteiger partial charge in [0.1, 0.15) is 0 Å². The highest BCUT2D eigenvalue weighted by Gasteiger charge is 2.09. The Labute approximate surface area is 85.0 Å². The first-order valence-corrected chi connectivity index (χ1v) is 5.10. The molecule has 2 rings (SSSR count). The van der Waals surface area contributed by atoms with Gasteiger partial charge in [-0.25, -0.2) is 0 Å². The maximum Gasteiger partial charge on any atom is 0.309 e. The van der Waals surface area contributed by atoms with E-state index in [9.17, 15) is 4.79 Å². The highest BCUT2D eigenvalue weighted by Crippen LogP contribution is 2.27. The van der Waals surface area contributed by atoms with Crippen LogP contribution < -0.4 is 0 Å². The predicted molar refractivity (Wildman–Crippen MR) is 55.7 cm³/mol. The van der Waals surface area contributed by atoms with Crippen LogP contribution in [0.15, 0.2) is 17.6 Å². The zero-order valence-electron chi connectivity index (χ0n) is 7.65. The Morgan fingerprint density at radius 1 is 1.64 bits per heavy atom. The second-order valence-corrected chi connectivity index (χ2v) is 4.03. The Hall–Kier alpha value is -1.42. The van der Waals surface area contributed by atoms with Crippen LogP contribution in [0.5, 0.6) is 0 Å². The van der Waals surface area contributed by atoms with Gasteiger partial charge in [0.05, 0.1) is 12.1 Å². The fraction of sp³-hybridized carbons (Fsp3) is 0.200. The normalized spacial score (nSPS) is 10.6. The van der Waals surface area contributed by atoms with E-state index in [1.165, 1.54) is 0 Å². The molecule has 0 amide bonds. The summed E-state index contributed by atoms with van der Waals surface area (Å²) in [4.78, 5) is 14.7. The van der Waals surface area contributed by atoms with Gasteiger partial charge in [-0.2, -0.15) is 0 Å². The van der Waals surface area contributed by atoms with Crippen LogP contribution in [0.3, 0.4) is 0 Å². The highest BCUT2D eigenvalue weighted by atomic mass is 32.1. The summed E-state index contributed by atoms with van der Waals surface area (Å²) >= 11 is 1.62. The third-order valence-electron chi connectivity index (χ3n) is 2.07. The van der Waals surface area contributed by atoms with Crippen LogP contribution in [0, 0.1) is 6.92 Å². The molecule has 2 heterocycles. The number of hydrogen-bond acceptors (Lipinski definition) is 3. The maximum atomic E-state index is 10.6. The average molecular weight is 207 g/mol. The summed E-state index contributed by atoms with van der Waals surface area (Å²) in [7, 11) is 0. The molecular weight excluding hydrogens is 198 g/mol. The second kappa shape index (κ2) is 3.38. The molecule has 0 saturated heterocycles. The van der Waals surface area contributed by atoms with Crippen molar-refractivity contribution < 1.29 is 9.90 Å². The summed E-state index contributed by atoms with van der Waals surface area (Å²) in [6.45, 7) is 1.98. The van der Waals surface area contributed by atoms with Crippen molar-refractivity contribution in [2.45, 2.75) is 13.3 Å². The lowest BCUT2D eigenvalue weighted by atomic mass is 10.1. The number of aromatic nitrogens is 1. The number of aryl methyl sites for hydroxylation is 1. The first-order valence-electron chi connectivity index (χ1n) is 4.22. The minimum absolute atomic E-state index is 0.00505. The van der Waals surface area contributed by atoms with Gasteiger partial charge in [0, 0.05) is 16.3 Å². The summed E-state index contributed by atoms with van der Waals surface area (Å²) in [5, 5.41) is 11.7. The Morgan fingerprint density at radius 2 is 2.43 bits per heavy atom. The Balaban J connectivity index is 2.63. The number of thiophene rings is 1. The lowest BCUT2D eigenvalue weighted by Crippen LogP contribution is -2.02. The smallest absolute Gasteiger partial charge is 0.309 e. The molecule has 0 fully saturated rings. The monoisotopic (exact) mass is 207 g/mol. The van der Waals surface area contributed by atoms with Crippen molar-refractivity contribution in [3.05, 3.63) is 28.9 Å². The first-order chi connectivity index (χ1) is 6.68. The molecule has 0 saturated carbocycles. The molecule has 0 radical (unpaired) electrons. The molecule has 4 heteroatoms. The van der Waals surface area contributed by atoms with Gasteiger partial charge in [-0.3, -0.25) is 9.78 Å². The minimum atomic E-state index is -0.837. The summed E-state index contributed by atoms with van der Waals surface area (Å²) in [5.41, 5.74) is 1.77. The number of hydrogen-bond donors (Lipinski definition) is 1. The SMILES string of the molecule is Cc1csc2ccnc(CC(=O)O)c12. The summed E-state index contributed by atoms with van der Waals surface area (Å²) in [6, 6.07) is 1.92. The number of aliphatic carboxylic acids is 1. The van der Waals surface area contributed by atoms with Crippen molar-refractivity contribution in [1.82, 2.24) is 4.98 Å². The van der Waals surface area contributed by atoms with Crippen molar-refractivity contribution >= 4 is 27.4 Å². The van der Waals surface area contributed by atoms with Crippen molar-refractivity contribution in [3.63, 3.8) is 0 Å². The zero-order chi connectivity index (χ0) is 10.1. The lowest BCUT2D eigenvalue weighted by Gasteiger charge is -1.99. The molecule has 2 aromatic heterocycles. The van der Waals surface area contributed by atoms with Gasteiger partial charge in [-0.05, 0) is 23.9 Å². The third-order valence-corrected chi connectivity index (χ3v) is 3.13. The van der Waals surface area contributed by atoms with Gasteiger partial charge in [0.2, 0.25) is 0 Å². The molecule has 0 unspecified atom stereocenters. The topological polar surface area (TPSA) is 50.2 Å². The van der Waals surface area contributed by atoms with Crippen LogP contribution in [0.4, 0.5) is 0 Å². The molecule has 0 atom stereocenters. The van der Waals surface area contributed by atoms with Crippen LogP contribution in [0.1, 0.15) is 11.3 Å². The molecule has 0 aliphatic rings. The molecule has 14 heavy (non-hydrogen) atoms. The zero-order valence-corrected chi connectivity index (χ0v) is 8.47. The molecule has 0 spiro atoms. The van der Waals surface area contributed by atoms with Gasteiger partial charge in [-0.15, -0.1) is 11.3 Å². The maximum absolute atomic E-state index is 10.6. The number of fused-ring (bicyclic) bond motifs is 1. The number of carboxylic acid groups (broad SMARTS) is 1. The van der Waals surface area contributed by atoms with E-state index < -0.39 is 5.97 Å². The summed E-state index contributed by atoms with van der Waals surface area (Å²) in [5.74, 6) is -0.837. The van der Waals surface area contributed by atoms with E-state index in [2.05, 4.69) is 4.98 Å². The van der Waals surface area contributed by atoms with E-state index in [1.54, 1.807) is 17.5 Å². The predicted octanol–water partition coefficient (Wildman–Crippen LogP) is 2.23.